The van der Waals surface area contributed by atoms with Crippen molar-refractivity contribution in [2.45, 2.75) is 6.92 Å². The van der Waals surface area contributed by atoms with E-state index in [-0.39, 0.29) is 11.3 Å². The average molecular weight is 271 g/mol. The minimum Gasteiger partial charge on any atom is -0.463 e. The van der Waals surface area contributed by atoms with E-state index in [4.69, 9.17) is 0 Å². The van der Waals surface area contributed by atoms with Crippen molar-refractivity contribution >= 4 is 27.5 Å². The number of hydrogen-bond donors (Lipinski definition) is 1. The first-order valence-electron chi connectivity index (χ1n) is 5.13. The lowest BCUT2D eigenvalue weighted by Crippen LogP contribution is -2.16. The molecule has 0 spiro atoms. The van der Waals surface area contributed by atoms with Crippen LogP contribution in [0.4, 0.5) is 5.69 Å². The highest BCUT2D eigenvalue weighted by Crippen LogP contribution is 2.12. The van der Waals surface area contributed by atoms with Gasteiger partial charge in [-0.05, 0) is 31.2 Å². The number of carbonyl (C=O) groups excluding carboxylic acids is 2. The number of ketones is 1. The summed E-state index contributed by atoms with van der Waals surface area (Å²) in [5.74, 6) is -1.78. The summed E-state index contributed by atoms with van der Waals surface area (Å²) in [5, 5.41) is 0. The fourth-order valence-electron chi connectivity index (χ4n) is 1.15. The maximum absolute atomic E-state index is 11.4. The lowest BCUT2D eigenvalue weighted by atomic mass is 10.1. The Bertz CT molecular complexity index is 547. The lowest BCUT2D eigenvalue weighted by Gasteiger charge is -2.06. The first kappa shape index (κ1) is 14.2. The number of methoxy groups -OCH3 is 1. The minimum absolute atomic E-state index is 0.0458. The second-order valence-corrected chi connectivity index (χ2v) is 5.41. The molecule has 0 saturated heterocycles. The van der Waals surface area contributed by atoms with Crippen LogP contribution in [0, 0.1) is 0 Å². The van der Waals surface area contributed by atoms with E-state index >= 15 is 0 Å². The van der Waals surface area contributed by atoms with E-state index < -0.39 is 21.8 Å². The molecule has 0 aliphatic rings. The van der Waals surface area contributed by atoms with Gasteiger partial charge in [0.2, 0.25) is 10.0 Å². The van der Waals surface area contributed by atoms with Crippen LogP contribution in [0.25, 0.3) is 0 Å². The Labute approximate surface area is 105 Å². The number of nitrogens with one attached hydrogen (secondary N) is 1. The van der Waals surface area contributed by atoms with Gasteiger partial charge in [0.1, 0.15) is 0 Å². The van der Waals surface area contributed by atoms with Crippen LogP contribution in [0.5, 0.6) is 0 Å². The Morgan fingerprint density at radius 2 is 1.78 bits per heavy atom. The Kier molecular flexibility index (Phi) is 4.43. The number of sulfonamides is 1. The molecular weight excluding hydrogens is 258 g/mol. The van der Waals surface area contributed by atoms with E-state index in [1.54, 1.807) is 0 Å². The van der Waals surface area contributed by atoms with E-state index in [2.05, 4.69) is 9.46 Å². The van der Waals surface area contributed by atoms with Crippen molar-refractivity contribution in [3.05, 3.63) is 29.8 Å². The molecule has 98 valence electrons. The fraction of sp³-hybridized carbons (Fsp3) is 0.273. The number of esters is 1. The molecule has 0 aliphatic heterocycles. The predicted octanol–water partition coefficient (Wildman–Crippen LogP) is 0.804. The van der Waals surface area contributed by atoms with Crippen molar-refractivity contribution in [3.63, 3.8) is 0 Å². The van der Waals surface area contributed by atoms with Crippen LogP contribution < -0.4 is 4.72 Å². The number of carbonyl (C=O) groups is 2. The van der Waals surface area contributed by atoms with Crippen molar-refractivity contribution in [2.24, 2.45) is 0 Å². The first-order chi connectivity index (χ1) is 8.39. The minimum atomic E-state index is -3.35. The zero-order valence-corrected chi connectivity index (χ0v) is 10.8. The fourth-order valence-corrected chi connectivity index (χ4v) is 1.79. The molecule has 0 heterocycles. The molecular formula is C11H13NO5S. The lowest BCUT2D eigenvalue weighted by molar-refractivity contribution is -0.135. The summed E-state index contributed by atoms with van der Waals surface area (Å²) in [6.07, 6.45) is 0. The first-order valence-corrected chi connectivity index (χ1v) is 6.78. The molecule has 0 radical (unpaired) electrons. The number of hydrogen-bond acceptors (Lipinski definition) is 5. The molecule has 1 rings (SSSR count). The zero-order chi connectivity index (χ0) is 13.8. The molecule has 18 heavy (non-hydrogen) atoms. The van der Waals surface area contributed by atoms with Gasteiger partial charge in [-0.1, -0.05) is 0 Å². The number of Topliss-reactive ketones (excluding diaryl/α,β-unsaturated/α-hetero) is 1. The summed E-state index contributed by atoms with van der Waals surface area (Å²) < 4.78 is 29.2. The summed E-state index contributed by atoms with van der Waals surface area (Å²) in [6, 6.07) is 5.52. The monoisotopic (exact) mass is 271 g/mol. The van der Waals surface area contributed by atoms with Gasteiger partial charge < -0.3 is 4.74 Å². The third kappa shape index (κ3) is 3.56. The highest BCUT2D eigenvalue weighted by atomic mass is 32.2. The molecule has 0 atom stereocenters. The summed E-state index contributed by atoms with van der Waals surface area (Å²) in [5.41, 5.74) is 0.472. The van der Waals surface area contributed by atoms with Gasteiger partial charge in [0.05, 0.1) is 12.9 Å². The molecule has 7 heteroatoms. The molecule has 6 nitrogen and oxygen atoms in total. The van der Waals surface area contributed by atoms with Gasteiger partial charge in [-0.2, -0.15) is 0 Å². The summed E-state index contributed by atoms with van der Waals surface area (Å²) >= 11 is 0. The van der Waals surface area contributed by atoms with Crippen LogP contribution in [0.1, 0.15) is 17.3 Å². The van der Waals surface area contributed by atoms with Crippen LogP contribution in [0.3, 0.4) is 0 Å². The maximum atomic E-state index is 11.4. The normalized spacial score (nSPS) is 10.8. The van der Waals surface area contributed by atoms with Gasteiger partial charge in [-0.3, -0.25) is 9.52 Å². The Morgan fingerprint density at radius 3 is 2.22 bits per heavy atom. The molecule has 0 saturated carbocycles. The molecule has 0 unspecified atom stereocenters. The number of anilines is 1. The van der Waals surface area contributed by atoms with Gasteiger partial charge in [-0.15, -0.1) is 0 Å². The molecule has 1 aromatic rings. The van der Waals surface area contributed by atoms with Crippen molar-refractivity contribution in [1.29, 1.82) is 0 Å². The third-order valence-corrected chi connectivity index (χ3v) is 3.48. The number of ether oxygens (including phenoxy) is 1. The predicted molar refractivity (Wildman–Crippen MR) is 65.9 cm³/mol. The maximum Gasteiger partial charge on any atom is 0.379 e. The smallest absolute Gasteiger partial charge is 0.379 e. The van der Waals surface area contributed by atoms with Gasteiger partial charge >= 0.3 is 5.97 Å². The molecule has 0 amide bonds. The van der Waals surface area contributed by atoms with E-state index in [0.717, 1.165) is 7.11 Å². The highest BCUT2D eigenvalue weighted by molar-refractivity contribution is 7.92. The van der Waals surface area contributed by atoms with Crippen LogP contribution in [-0.2, 0) is 19.6 Å². The summed E-state index contributed by atoms with van der Waals surface area (Å²) in [4.78, 5) is 22.4. The Balaban J connectivity index is 2.87. The molecule has 0 bridgehead atoms. The second kappa shape index (κ2) is 5.63. The van der Waals surface area contributed by atoms with Gasteiger partial charge in [0, 0.05) is 11.3 Å². The number of benzene rings is 1. The van der Waals surface area contributed by atoms with Crippen molar-refractivity contribution in [3.8, 4) is 0 Å². The third-order valence-electron chi connectivity index (χ3n) is 2.17. The molecule has 0 aromatic heterocycles. The van der Waals surface area contributed by atoms with Gasteiger partial charge in [-0.25, -0.2) is 13.2 Å². The summed E-state index contributed by atoms with van der Waals surface area (Å²) in [7, 11) is -2.24. The second-order valence-electron chi connectivity index (χ2n) is 3.40. The standard InChI is InChI=1S/C11H13NO5S/c1-3-18(15,16)12-9-6-4-8(5-7-9)10(13)11(14)17-2/h4-7,12H,3H2,1-2H3. The van der Waals surface area contributed by atoms with Crippen molar-refractivity contribution in [1.82, 2.24) is 0 Å². The van der Waals surface area contributed by atoms with E-state index in [1.807, 2.05) is 0 Å². The molecule has 1 aromatic carbocycles. The van der Waals surface area contributed by atoms with Crippen molar-refractivity contribution in [2.75, 3.05) is 17.6 Å². The summed E-state index contributed by atoms with van der Waals surface area (Å²) in [6.45, 7) is 1.51. The topological polar surface area (TPSA) is 89.5 Å². The number of rotatable bonds is 5. The molecule has 0 fully saturated rings. The van der Waals surface area contributed by atoms with Crippen LogP contribution in [0.15, 0.2) is 24.3 Å². The molecule has 0 aliphatic carbocycles. The zero-order valence-electron chi connectivity index (χ0n) is 9.97. The van der Waals surface area contributed by atoms with Crippen LogP contribution in [0.2, 0.25) is 0 Å². The molecule has 1 N–H and O–H groups in total. The quantitative estimate of drug-likeness (QED) is 0.486. The van der Waals surface area contributed by atoms with E-state index in [1.165, 1.54) is 31.2 Å². The van der Waals surface area contributed by atoms with E-state index in [0.29, 0.717) is 5.69 Å². The Morgan fingerprint density at radius 1 is 1.22 bits per heavy atom. The SMILES string of the molecule is CCS(=O)(=O)Nc1ccc(C(=O)C(=O)OC)cc1. The Hall–Kier alpha value is -1.89. The van der Waals surface area contributed by atoms with Crippen molar-refractivity contribution < 1.29 is 22.7 Å². The average Bonchev–Trinajstić information content (AvgIpc) is 2.37. The largest absolute Gasteiger partial charge is 0.463 e. The van der Waals surface area contributed by atoms with Gasteiger partial charge in [0.15, 0.2) is 0 Å². The van der Waals surface area contributed by atoms with E-state index in [9.17, 15) is 18.0 Å². The van der Waals surface area contributed by atoms with Gasteiger partial charge in [0.25, 0.3) is 5.78 Å². The van der Waals surface area contributed by atoms with Crippen LogP contribution in [-0.4, -0.2) is 33.0 Å². The highest BCUT2D eigenvalue weighted by Gasteiger charge is 2.16. The van der Waals surface area contributed by atoms with Crippen LogP contribution >= 0.6 is 0 Å².